The number of nitrogens with one attached hydrogen (secondary N) is 1. The fraction of sp³-hybridized carbons (Fsp3) is 0.846. The topological polar surface area (TPSA) is 49.4 Å². The van der Waals surface area contributed by atoms with Crippen molar-refractivity contribution < 1.29 is 9.59 Å². The molecule has 0 aromatic carbocycles. The van der Waals surface area contributed by atoms with Gasteiger partial charge in [0.25, 0.3) is 0 Å². The van der Waals surface area contributed by atoms with Gasteiger partial charge in [-0.2, -0.15) is 0 Å². The highest BCUT2D eigenvalue weighted by Gasteiger charge is 2.43. The van der Waals surface area contributed by atoms with E-state index in [2.05, 4.69) is 19.2 Å². The molecule has 0 aromatic rings. The largest absolute Gasteiger partial charge is 0.353 e. The minimum atomic E-state index is -0.312. The van der Waals surface area contributed by atoms with Crippen LogP contribution in [0.15, 0.2) is 0 Å². The van der Waals surface area contributed by atoms with Crippen molar-refractivity contribution >= 4 is 11.8 Å². The molecule has 4 nitrogen and oxygen atoms in total. The summed E-state index contributed by atoms with van der Waals surface area (Å²) in [7, 11) is 0. The van der Waals surface area contributed by atoms with Crippen molar-refractivity contribution in [2.75, 3.05) is 13.1 Å². The van der Waals surface area contributed by atoms with Crippen LogP contribution in [0.2, 0.25) is 0 Å². The molecular weight excluding hydrogens is 216 g/mol. The van der Waals surface area contributed by atoms with Gasteiger partial charge in [-0.1, -0.05) is 20.3 Å². The number of rotatable bonds is 1. The molecule has 17 heavy (non-hydrogen) atoms. The van der Waals surface area contributed by atoms with Gasteiger partial charge < -0.3 is 10.2 Å². The first kappa shape index (κ1) is 12.4. The first-order chi connectivity index (χ1) is 7.93. The number of piperazine rings is 1. The Bertz CT molecular complexity index is 338. The zero-order valence-corrected chi connectivity index (χ0v) is 11.0. The minimum Gasteiger partial charge on any atom is -0.353 e. The summed E-state index contributed by atoms with van der Waals surface area (Å²) in [5, 5.41) is 2.80. The molecule has 2 fully saturated rings. The molecule has 2 rings (SSSR count). The molecule has 4 heteroatoms. The van der Waals surface area contributed by atoms with Crippen LogP contribution in [0.4, 0.5) is 0 Å². The maximum absolute atomic E-state index is 12.5. The first-order valence-corrected chi connectivity index (χ1v) is 6.52. The second kappa shape index (κ2) is 4.31. The monoisotopic (exact) mass is 238 g/mol. The quantitative estimate of drug-likeness (QED) is 0.745. The molecule has 0 bridgehead atoms. The summed E-state index contributed by atoms with van der Waals surface area (Å²) >= 11 is 0. The van der Waals surface area contributed by atoms with E-state index < -0.39 is 0 Å². The lowest BCUT2D eigenvalue weighted by atomic mass is 9.81. The Kier molecular flexibility index (Phi) is 3.15. The molecule has 2 aliphatic rings. The number of hydrogen-bond donors (Lipinski definition) is 1. The predicted octanol–water partition coefficient (Wildman–Crippen LogP) is 1.16. The van der Waals surface area contributed by atoms with E-state index in [1.165, 1.54) is 0 Å². The Labute approximate surface area is 103 Å². The lowest BCUT2D eigenvalue weighted by molar-refractivity contribution is -0.147. The number of nitrogens with zero attached hydrogens (tertiary/aromatic N) is 1. The van der Waals surface area contributed by atoms with Crippen molar-refractivity contribution in [3.63, 3.8) is 0 Å². The van der Waals surface area contributed by atoms with Gasteiger partial charge in [0.15, 0.2) is 0 Å². The molecule has 0 radical (unpaired) electrons. The summed E-state index contributed by atoms with van der Waals surface area (Å²) < 4.78 is 0. The van der Waals surface area contributed by atoms with Crippen molar-refractivity contribution in [3.05, 3.63) is 0 Å². The second-order valence-electron chi connectivity index (χ2n) is 5.93. The van der Waals surface area contributed by atoms with Crippen molar-refractivity contribution in [2.24, 2.45) is 11.3 Å². The highest BCUT2D eigenvalue weighted by molar-refractivity contribution is 5.89. The summed E-state index contributed by atoms with van der Waals surface area (Å²) in [6.07, 6.45) is 3.20. The Balaban J connectivity index is 2.11. The summed E-state index contributed by atoms with van der Waals surface area (Å²) in [4.78, 5) is 25.9. The van der Waals surface area contributed by atoms with Gasteiger partial charge >= 0.3 is 0 Å². The number of amides is 2. The van der Waals surface area contributed by atoms with Gasteiger partial charge in [0.1, 0.15) is 6.04 Å². The summed E-state index contributed by atoms with van der Waals surface area (Å²) in [5.41, 5.74) is 0.0880. The molecule has 2 amide bonds. The molecular formula is C13H22N2O2. The lowest BCUT2D eigenvalue weighted by Gasteiger charge is -2.37. The normalized spacial score (nSPS) is 32.4. The van der Waals surface area contributed by atoms with E-state index in [0.717, 1.165) is 19.3 Å². The van der Waals surface area contributed by atoms with Crippen molar-refractivity contribution in [3.8, 4) is 0 Å². The van der Waals surface area contributed by atoms with Crippen LogP contribution in [0.3, 0.4) is 0 Å². The highest BCUT2D eigenvalue weighted by Crippen LogP contribution is 2.43. The molecule has 0 aromatic heterocycles. The maximum atomic E-state index is 12.5. The molecule has 0 spiro atoms. The number of carbonyl (C=O) groups excluding carboxylic acids is 2. The Morgan fingerprint density at radius 3 is 2.76 bits per heavy atom. The van der Waals surface area contributed by atoms with Gasteiger partial charge in [0, 0.05) is 19.0 Å². The maximum Gasteiger partial charge on any atom is 0.242 e. The van der Waals surface area contributed by atoms with Gasteiger partial charge in [-0.05, 0) is 25.2 Å². The number of carbonyl (C=O) groups is 2. The smallest absolute Gasteiger partial charge is 0.242 e. The third-order valence-corrected chi connectivity index (χ3v) is 4.34. The van der Waals surface area contributed by atoms with Crippen LogP contribution in [0.5, 0.6) is 0 Å². The van der Waals surface area contributed by atoms with Gasteiger partial charge in [0.05, 0.1) is 0 Å². The lowest BCUT2D eigenvalue weighted by Crippen LogP contribution is -2.57. The van der Waals surface area contributed by atoms with Crippen LogP contribution in [-0.2, 0) is 9.59 Å². The van der Waals surface area contributed by atoms with Crippen LogP contribution < -0.4 is 5.32 Å². The van der Waals surface area contributed by atoms with Crippen molar-refractivity contribution in [2.45, 2.75) is 46.1 Å². The van der Waals surface area contributed by atoms with Gasteiger partial charge in [-0.15, -0.1) is 0 Å². The molecule has 1 aliphatic carbocycles. The van der Waals surface area contributed by atoms with E-state index in [4.69, 9.17) is 0 Å². The zero-order valence-electron chi connectivity index (χ0n) is 11.0. The molecule has 2 atom stereocenters. The van der Waals surface area contributed by atoms with Gasteiger partial charge in [-0.25, -0.2) is 0 Å². The molecule has 1 aliphatic heterocycles. The molecule has 1 saturated heterocycles. The zero-order chi connectivity index (χ0) is 12.6. The highest BCUT2D eigenvalue weighted by atomic mass is 16.2. The van der Waals surface area contributed by atoms with Crippen LogP contribution in [0.1, 0.15) is 40.0 Å². The second-order valence-corrected chi connectivity index (χ2v) is 5.93. The van der Waals surface area contributed by atoms with E-state index in [-0.39, 0.29) is 29.2 Å². The Morgan fingerprint density at radius 2 is 2.18 bits per heavy atom. The predicted molar refractivity (Wildman–Crippen MR) is 65.3 cm³/mol. The van der Waals surface area contributed by atoms with Gasteiger partial charge in [0.2, 0.25) is 11.8 Å². The molecule has 1 saturated carbocycles. The Morgan fingerprint density at radius 1 is 1.47 bits per heavy atom. The average Bonchev–Trinajstić information content (AvgIpc) is 2.61. The molecule has 96 valence electrons. The third kappa shape index (κ3) is 2.17. The summed E-state index contributed by atoms with van der Waals surface area (Å²) in [6.45, 7) is 7.38. The molecule has 1 N–H and O–H groups in total. The standard InChI is InChI=1S/C13H22N2O2/c1-9-11(16)14-7-8-15(9)12(17)10-5-4-6-13(10,2)3/h9-10H,4-8H2,1-3H3,(H,14,16). The van der Waals surface area contributed by atoms with Crippen LogP contribution in [-0.4, -0.2) is 35.8 Å². The molecule has 1 heterocycles. The fourth-order valence-electron chi connectivity index (χ4n) is 3.07. The summed E-state index contributed by atoms with van der Waals surface area (Å²) in [5.74, 6) is 0.242. The van der Waals surface area contributed by atoms with Crippen LogP contribution >= 0.6 is 0 Å². The van der Waals surface area contributed by atoms with E-state index >= 15 is 0 Å². The summed E-state index contributed by atoms with van der Waals surface area (Å²) in [6, 6.07) is -0.312. The van der Waals surface area contributed by atoms with Crippen LogP contribution in [0.25, 0.3) is 0 Å². The van der Waals surface area contributed by atoms with E-state index in [9.17, 15) is 9.59 Å². The number of hydrogen-bond acceptors (Lipinski definition) is 2. The molecule has 2 unspecified atom stereocenters. The van der Waals surface area contributed by atoms with Crippen LogP contribution in [0, 0.1) is 11.3 Å². The van der Waals surface area contributed by atoms with Gasteiger partial charge in [-0.3, -0.25) is 9.59 Å². The minimum absolute atomic E-state index is 0.0274. The average molecular weight is 238 g/mol. The Hall–Kier alpha value is -1.06. The van der Waals surface area contributed by atoms with E-state index in [1.54, 1.807) is 4.90 Å². The van der Waals surface area contributed by atoms with E-state index in [1.807, 2.05) is 6.92 Å². The van der Waals surface area contributed by atoms with Crippen molar-refractivity contribution in [1.29, 1.82) is 0 Å². The van der Waals surface area contributed by atoms with E-state index in [0.29, 0.717) is 13.1 Å². The first-order valence-electron chi connectivity index (χ1n) is 6.52. The fourth-order valence-corrected chi connectivity index (χ4v) is 3.07. The van der Waals surface area contributed by atoms with Crippen molar-refractivity contribution in [1.82, 2.24) is 10.2 Å². The third-order valence-electron chi connectivity index (χ3n) is 4.34. The SMILES string of the molecule is CC1C(=O)NCCN1C(=O)C1CCCC1(C)C.